The molecule has 0 aliphatic heterocycles. The highest BCUT2D eigenvalue weighted by Crippen LogP contribution is 2.27. The molecule has 0 unspecified atom stereocenters. The van der Waals surface area contributed by atoms with Crippen LogP contribution in [0.2, 0.25) is 0 Å². The number of sulfonamides is 1. The molecule has 230 valence electrons. The third-order valence-corrected chi connectivity index (χ3v) is 9.35. The number of carbonyl (C=O) groups excluding carboxylic acids is 2. The fourth-order valence-electron chi connectivity index (χ4n) is 4.73. The number of rotatable bonds is 14. The van der Waals surface area contributed by atoms with Crippen LogP contribution in [0.15, 0.2) is 119 Å². The minimum atomic E-state index is -4.19. The summed E-state index contributed by atoms with van der Waals surface area (Å²) in [6, 6.07) is 28.6. The molecule has 4 aromatic carbocycles. The number of benzene rings is 4. The standard InChI is InChI=1S/C34H35BrFN3O4S/c1-2-3-21-37-34(41)32(22-26-11-6-4-7-12-26)38(24-27-17-19-29(36)20-18-27)33(40)25-39(30-14-10-13-28(35)23-30)44(42,43)31-15-8-5-9-16-31/h4-20,23,32H,2-3,21-22,24-25H2,1H3,(H,37,41)/t32-/m0/s1. The summed E-state index contributed by atoms with van der Waals surface area (Å²) in [5, 5.41) is 2.95. The van der Waals surface area contributed by atoms with Crippen molar-refractivity contribution in [2.24, 2.45) is 0 Å². The molecule has 0 heterocycles. The molecule has 0 fully saturated rings. The number of amides is 2. The van der Waals surface area contributed by atoms with Gasteiger partial charge in [-0.1, -0.05) is 96.0 Å². The number of carbonyl (C=O) groups is 2. The number of nitrogens with zero attached hydrogens (tertiary/aromatic N) is 2. The summed E-state index contributed by atoms with van der Waals surface area (Å²) in [6.45, 7) is 1.85. The van der Waals surface area contributed by atoms with E-state index in [4.69, 9.17) is 0 Å². The van der Waals surface area contributed by atoms with Crippen molar-refractivity contribution in [2.45, 2.75) is 43.7 Å². The van der Waals surface area contributed by atoms with Gasteiger partial charge in [0.1, 0.15) is 18.4 Å². The molecule has 0 saturated heterocycles. The summed E-state index contributed by atoms with van der Waals surface area (Å²) < 4.78 is 43.5. The molecule has 4 aromatic rings. The molecule has 0 aromatic heterocycles. The molecule has 44 heavy (non-hydrogen) atoms. The van der Waals surface area contributed by atoms with Gasteiger partial charge in [0.15, 0.2) is 0 Å². The quantitative estimate of drug-likeness (QED) is 0.158. The topological polar surface area (TPSA) is 86.8 Å². The maximum absolute atomic E-state index is 14.4. The number of hydrogen-bond donors (Lipinski definition) is 1. The van der Waals surface area contributed by atoms with Crippen molar-refractivity contribution in [3.8, 4) is 0 Å². The van der Waals surface area contributed by atoms with Crippen LogP contribution in [-0.4, -0.2) is 44.3 Å². The van der Waals surface area contributed by atoms with E-state index in [0.29, 0.717) is 16.6 Å². The van der Waals surface area contributed by atoms with Crippen LogP contribution < -0.4 is 9.62 Å². The van der Waals surface area contributed by atoms with E-state index in [1.165, 1.54) is 29.2 Å². The van der Waals surface area contributed by atoms with Gasteiger partial charge >= 0.3 is 0 Å². The van der Waals surface area contributed by atoms with E-state index in [-0.39, 0.29) is 29.5 Å². The predicted molar refractivity (Wildman–Crippen MR) is 174 cm³/mol. The van der Waals surface area contributed by atoms with Gasteiger partial charge in [0, 0.05) is 24.0 Å². The SMILES string of the molecule is CCCCNC(=O)[C@H](Cc1ccccc1)N(Cc1ccc(F)cc1)C(=O)CN(c1cccc(Br)c1)S(=O)(=O)c1ccccc1. The lowest BCUT2D eigenvalue weighted by Gasteiger charge is -2.34. The summed E-state index contributed by atoms with van der Waals surface area (Å²) in [4.78, 5) is 29.5. The number of hydrogen-bond acceptors (Lipinski definition) is 4. The Bertz CT molecular complexity index is 1640. The van der Waals surface area contributed by atoms with Crippen molar-refractivity contribution in [3.05, 3.63) is 131 Å². The van der Waals surface area contributed by atoms with Crippen molar-refractivity contribution in [2.75, 3.05) is 17.4 Å². The van der Waals surface area contributed by atoms with Gasteiger partial charge in [0.05, 0.1) is 10.6 Å². The van der Waals surface area contributed by atoms with Crippen LogP contribution >= 0.6 is 15.9 Å². The van der Waals surface area contributed by atoms with Crippen LogP contribution in [0.5, 0.6) is 0 Å². The van der Waals surface area contributed by atoms with Crippen molar-refractivity contribution in [1.29, 1.82) is 0 Å². The van der Waals surface area contributed by atoms with Gasteiger partial charge in [0.2, 0.25) is 11.8 Å². The Hall–Kier alpha value is -4.02. The minimum absolute atomic E-state index is 0.0241. The molecular formula is C34H35BrFN3O4S. The third kappa shape index (κ3) is 8.76. The van der Waals surface area contributed by atoms with E-state index in [2.05, 4.69) is 21.2 Å². The van der Waals surface area contributed by atoms with Crippen LogP contribution in [-0.2, 0) is 32.6 Å². The second kappa shape index (κ2) is 15.6. The summed E-state index contributed by atoms with van der Waals surface area (Å²) in [5.74, 6) is -1.36. The highest BCUT2D eigenvalue weighted by atomic mass is 79.9. The lowest BCUT2D eigenvalue weighted by atomic mass is 10.0. The zero-order valence-corrected chi connectivity index (χ0v) is 26.8. The molecule has 0 radical (unpaired) electrons. The maximum Gasteiger partial charge on any atom is 0.264 e. The minimum Gasteiger partial charge on any atom is -0.354 e. The number of nitrogens with one attached hydrogen (secondary N) is 1. The zero-order valence-electron chi connectivity index (χ0n) is 24.4. The average molecular weight is 681 g/mol. The van der Waals surface area contributed by atoms with E-state index in [1.807, 2.05) is 37.3 Å². The smallest absolute Gasteiger partial charge is 0.264 e. The van der Waals surface area contributed by atoms with Gasteiger partial charge in [-0.2, -0.15) is 0 Å². The van der Waals surface area contributed by atoms with Crippen LogP contribution in [0.3, 0.4) is 0 Å². The van der Waals surface area contributed by atoms with Gasteiger partial charge in [-0.15, -0.1) is 0 Å². The lowest BCUT2D eigenvalue weighted by Crippen LogP contribution is -2.53. The number of anilines is 1. The number of halogens is 2. The maximum atomic E-state index is 14.4. The molecule has 0 aliphatic rings. The fourth-order valence-corrected chi connectivity index (χ4v) is 6.54. The van der Waals surface area contributed by atoms with Gasteiger partial charge in [-0.25, -0.2) is 12.8 Å². The molecule has 1 atom stereocenters. The Balaban J connectivity index is 1.78. The Morgan fingerprint density at radius 3 is 2.16 bits per heavy atom. The third-order valence-electron chi connectivity index (χ3n) is 7.07. The predicted octanol–water partition coefficient (Wildman–Crippen LogP) is 6.34. The molecule has 2 amide bonds. The molecule has 10 heteroatoms. The largest absolute Gasteiger partial charge is 0.354 e. The first kappa shape index (κ1) is 32.9. The Labute approximate surface area is 266 Å². The molecule has 0 aliphatic carbocycles. The van der Waals surface area contributed by atoms with Crippen molar-refractivity contribution >= 4 is 43.5 Å². The van der Waals surface area contributed by atoms with E-state index in [0.717, 1.165) is 22.7 Å². The lowest BCUT2D eigenvalue weighted by molar-refractivity contribution is -0.140. The highest BCUT2D eigenvalue weighted by Gasteiger charge is 2.34. The average Bonchev–Trinajstić information content (AvgIpc) is 3.03. The molecule has 0 bridgehead atoms. The molecule has 1 N–H and O–H groups in total. The monoisotopic (exact) mass is 679 g/mol. The Morgan fingerprint density at radius 1 is 0.864 bits per heavy atom. The van der Waals surface area contributed by atoms with E-state index in [9.17, 15) is 22.4 Å². The second-order valence-electron chi connectivity index (χ2n) is 10.3. The van der Waals surface area contributed by atoms with E-state index in [1.54, 1.807) is 54.6 Å². The fraction of sp³-hybridized carbons (Fsp3) is 0.235. The van der Waals surface area contributed by atoms with Gasteiger partial charge < -0.3 is 10.2 Å². The number of unbranched alkanes of at least 4 members (excludes halogenated alkanes) is 1. The molecule has 7 nitrogen and oxygen atoms in total. The van der Waals surface area contributed by atoms with Gasteiger partial charge in [-0.3, -0.25) is 13.9 Å². The molecule has 0 spiro atoms. The molecule has 0 saturated carbocycles. The van der Waals surface area contributed by atoms with Crippen LogP contribution in [0.4, 0.5) is 10.1 Å². The van der Waals surface area contributed by atoms with Crippen molar-refractivity contribution in [3.63, 3.8) is 0 Å². The molecule has 4 rings (SSSR count). The van der Waals surface area contributed by atoms with E-state index < -0.39 is 34.3 Å². The first-order chi connectivity index (χ1) is 21.2. The molecular weight excluding hydrogens is 645 g/mol. The Kier molecular flexibility index (Phi) is 11.7. The van der Waals surface area contributed by atoms with Crippen LogP contribution in [0.1, 0.15) is 30.9 Å². The normalized spacial score (nSPS) is 11.9. The summed E-state index contributed by atoms with van der Waals surface area (Å²) >= 11 is 3.41. The summed E-state index contributed by atoms with van der Waals surface area (Å²) in [7, 11) is -4.19. The van der Waals surface area contributed by atoms with Crippen LogP contribution in [0, 0.1) is 5.82 Å². The van der Waals surface area contributed by atoms with Gasteiger partial charge in [0.25, 0.3) is 10.0 Å². The van der Waals surface area contributed by atoms with Crippen molar-refractivity contribution in [1.82, 2.24) is 10.2 Å². The zero-order chi connectivity index (χ0) is 31.5. The second-order valence-corrected chi connectivity index (χ2v) is 13.1. The van der Waals surface area contributed by atoms with Crippen LogP contribution in [0.25, 0.3) is 0 Å². The van der Waals surface area contributed by atoms with Gasteiger partial charge in [-0.05, 0) is 60.0 Å². The highest BCUT2D eigenvalue weighted by molar-refractivity contribution is 9.10. The van der Waals surface area contributed by atoms with Crippen molar-refractivity contribution < 1.29 is 22.4 Å². The van der Waals surface area contributed by atoms with E-state index >= 15 is 0 Å². The Morgan fingerprint density at radius 2 is 1.52 bits per heavy atom. The first-order valence-electron chi connectivity index (χ1n) is 14.4. The first-order valence-corrected chi connectivity index (χ1v) is 16.6. The summed E-state index contributed by atoms with van der Waals surface area (Å²) in [5.41, 5.74) is 1.71. The summed E-state index contributed by atoms with van der Waals surface area (Å²) in [6.07, 6.45) is 1.84.